The number of primary amides is 1. The Hall–Kier alpha value is -1.37. The fourth-order valence-corrected chi connectivity index (χ4v) is 2.82. The van der Waals surface area contributed by atoms with Gasteiger partial charge < -0.3 is 16.0 Å². The molecule has 102 valence electrons. The maximum absolute atomic E-state index is 11.6. The van der Waals surface area contributed by atoms with E-state index in [9.17, 15) is 4.79 Å². The molecule has 1 amide bonds. The van der Waals surface area contributed by atoms with Gasteiger partial charge in [0.2, 0.25) is 0 Å². The van der Waals surface area contributed by atoms with E-state index >= 15 is 0 Å². The molecule has 0 spiro atoms. The molecule has 0 saturated carbocycles. The van der Waals surface area contributed by atoms with Gasteiger partial charge in [0, 0.05) is 6.42 Å². The predicted molar refractivity (Wildman–Crippen MR) is 75.3 cm³/mol. The van der Waals surface area contributed by atoms with Crippen molar-refractivity contribution in [3.05, 3.63) is 27.8 Å². The number of carbonyl (C=O) groups excluding carboxylic acids is 1. The van der Waals surface area contributed by atoms with Crippen LogP contribution in [0.1, 0.15) is 29.0 Å². The molecular formula is C12H14ClN3O2S. The molecule has 0 saturated heterocycles. The van der Waals surface area contributed by atoms with Crippen molar-refractivity contribution in [1.82, 2.24) is 5.16 Å². The Balaban J connectivity index is 2.32. The third-order valence-corrected chi connectivity index (χ3v) is 3.91. The Bertz CT molecular complexity index is 579. The number of halogens is 1. The molecule has 2 aromatic rings. The molecule has 0 aliphatic carbocycles. The Morgan fingerprint density at radius 1 is 1.42 bits per heavy atom. The van der Waals surface area contributed by atoms with Crippen molar-refractivity contribution in [2.45, 2.75) is 19.3 Å². The number of aromatic nitrogens is 1. The maximum atomic E-state index is 11.6. The number of nitrogens with two attached hydrogens (primary N) is 2. The zero-order valence-electron chi connectivity index (χ0n) is 10.2. The summed E-state index contributed by atoms with van der Waals surface area (Å²) in [5.74, 6) is -0.0241. The summed E-state index contributed by atoms with van der Waals surface area (Å²) in [5, 5.41) is 3.94. The largest absolute Gasteiger partial charge is 0.365 e. The van der Waals surface area contributed by atoms with Crippen molar-refractivity contribution >= 4 is 28.8 Å². The summed E-state index contributed by atoms with van der Waals surface area (Å²) in [4.78, 5) is 12.4. The number of rotatable bonds is 6. The Kier molecular flexibility index (Phi) is 4.57. The second kappa shape index (κ2) is 6.18. The lowest BCUT2D eigenvalue weighted by atomic mass is 10.1. The van der Waals surface area contributed by atoms with Crippen molar-refractivity contribution < 1.29 is 9.32 Å². The zero-order chi connectivity index (χ0) is 13.8. The second-order valence-corrected chi connectivity index (χ2v) is 5.76. The van der Waals surface area contributed by atoms with Gasteiger partial charge >= 0.3 is 0 Å². The Morgan fingerprint density at radius 3 is 2.79 bits per heavy atom. The van der Waals surface area contributed by atoms with Crippen molar-refractivity contribution in [2.24, 2.45) is 11.5 Å². The van der Waals surface area contributed by atoms with E-state index in [1.165, 1.54) is 11.3 Å². The average Bonchev–Trinajstić information content (AvgIpc) is 2.95. The highest BCUT2D eigenvalue weighted by atomic mass is 35.5. The number of amides is 1. The van der Waals surface area contributed by atoms with Crippen LogP contribution >= 0.6 is 22.9 Å². The standard InChI is InChI=1S/C12H14ClN3O2S/c13-9-5-4-8(19-9)11-10(12(15)17)7(18-16-11)3-1-2-6-14/h4-5H,1-3,6,14H2,(H2,15,17). The van der Waals surface area contributed by atoms with Gasteiger partial charge in [0.25, 0.3) is 5.91 Å². The topological polar surface area (TPSA) is 95.1 Å². The van der Waals surface area contributed by atoms with E-state index in [4.69, 9.17) is 27.6 Å². The highest BCUT2D eigenvalue weighted by molar-refractivity contribution is 7.19. The molecule has 0 aromatic carbocycles. The molecule has 2 aromatic heterocycles. The normalized spacial score (nSPS) is 10.8. The van der Waals surface area contributed by atoms with Gasteiger partial charge in [-0.15, -0.1) is 11.3 Å². The van der Waals surface area contributed by atoms with Gasteiger partial charge in [0.15, 0.2) is 0 Å². The maximum Gasteiger partial charge on any atom is 0.254 e. The van der Waals surface area contributed by atoms with Crippen molar-refractivity contribution in [3.8, 4) is 10.6 Å². The molecule has 0 radical (unpaired) electrons. The monoisotopic (exact) mass is 299 g/mol. The molecule has 0 aliphatic rings. The quantitative estimate of drug-likeness (QED) is 0.801. The lowest BCUT2D eigenvalue weighted by molar-refractivity contribution is 0.0999. The van der Waals surface area contributed by atoms with Crippen LogP contribution in [-0.4, -0.2) is 17.6 Å². The summed E-state index contributed by atoms with van der Waals surface area (Å²) in [7, 11) is 0. The van der Waals surface area contributed by atoms with Crippen LogP contribution in [0, 0.1) is 0 Å². The van der Waals surface area contributed by atoms with Gasteiger partial charge in [-0.1, -0.05) is 16.8 Å². The molecule has 2 heterocycles. The lowest BCUT2D eigenvalue weighted by Crippen LogP contribution is -2.13. The molecule has 0 unspecified atom stereocenters. The van der Waals surface area contributed by atoms with E-state index < -0.39 is 5.91 Å². The molecule has 0 fully saturated rings. The molecule has 5 nitrogen and oxygen atoms in total. The average molecular weight is 300 g/mol. The number of unbranched alkanes of at least 4 members (excludes halogenated alkanes) is 1. The first kappa shape index (κ1) is 14.0. The summed E-state index contributed by atoms with van der Waals surface area (Å²) in [6.45, 7) is 0.605. The van der Waals surface area contributed by atoms with Crippen LogP contribution in [0.2, 0.25) is 4.34 Å². The fourth-order valence-electron chi connectivity index (χ4n) is 1.79. The minimum absolute atomic E-state index is 0.343. The molecular weight excluding hydrogens is 286 g/mol. The van der Waals surface area contributed by atoms with Crippen LogP contribution in [0.15, 0.2) is 16.7 Å². The van der Waals surface area contributed by atoms with Gasteiger partial charge in [0.1, 0.15) is 17.0 Å². The first-order valence-corrected chi connectivity index (χ1v) is 7.07. The van der Waals surface area contributed by atoms with Gasteiger partial charge in [-0.25, -0.2) is 0 Å². The molecule has 7 heteroatoms. The van der Waals surface area contributed by atoms with E-state index in [2.05, 4.69) is 5.16 Å². The SMILES string of the molecule is NCCCCc1onc(-c2ccc(Cl)s2)c1C(N)=O. The van der Waals surface area contributed by atoms with Crippen LogP contribution in [0.3, 0.4) is 0 Å². The molecule has 0 bridgehead atoms. The Morgan fingerprint density at radius 2 is 2.21 bits per heavy atom. The number of carbonyl (C=O) groups is 1. The van der Waals surface area contributed by atoms with Crippen LogP contribution in [0.5, 0.6) is 0 Å². The summed E-state index contributed by atoms with van der Waals surface area (Å²) < 4.78 is 5.86. The number of thiophene rings is 1. The van der Waals surface area contributed by atoms with Crippen molar-refractivity contribution in [3.63, 3.8) is 0 Å². The molecule has 4 N–H and O–H groups in total. The van der Waals surface area contributed by atoms with Crippen LogP contribution in [0.25, 0.3) is 10.6 Å². The summed E-state index contributed by atoms with van der Waals surface area (Å²) in [6.07, 6.45) is 2.29. The first-order valence-electron chi connectivity index (χ1n) is 5.87. The van der Waals surface area contributed by atoms with Gasteiger partial charge in [-0.05, 0) is 31.5 Å². The molecule has 0 aliphatic heterocycles. The lowest BCUT2D eigenvalue weighted by Gasteiger charge is -1.98. The number of hydrogen-bond donors (Lipinski definition) is 2. The summed E-state index contributed by atoms with van der Waals surface area (Å²) in [6, 6.07) is 3.54. The highest BCUT2D eigenvalue weighted by Crippen LogP contribution is 2.33. The molecule has 19 heavy (non-hydrogen) atoms. The summed E-state index contributed by atoms with van der Waals surface area (Å²) in [5.41, 5.74) is 11.7. The minimum Gasteiger partial charge on any atom is -0.365 e. The van der Waals surface area contributed by atoms with Crippen molar-refractivity contribution in [1.29, 1.82) is 0 Å². The first-order chi connectivity index (χ1) is 9.13. The van der Waals surface area contributed by atoms with E-state index in [1.54, 1.807) is 12.1 Å². The van der Waals surface area contributed by atoms with Crippen LogP contribution < -0.4 is 11.5 Å². The van der Waals surface area contributed by atoms with Gasteiger partial charge in [-0.2, -0.15) is 0 Å². The second-order valence-electron chi connectivity index (χ2n) is 4.04. The van der Waals surface area contributed by atoms with Crippen LogP contribution in [-0.2, 0) is 6.42 Å². The number of nitrogens with zero attached hydrogens (tertiary/aromatic N) is 1. The third kappa shape index (κ3) is 3.15. The highest BCUT2D eigenvalue weighted by Gasteiger charge is 2.22. The van der Waals surface area contributed by atoms with E-state index in [1.807, 2.05) is 0 Å². The molecule has 2 rings (SSSR count). The van der Waals surface area contributed by atoms with Crippen molar-refractivity contribution in [2.75, 3.05) is 6.54 Å². The predicted octanol–water partition coefficient (Wildman–Crippen LogP) is 2.44. The van der Waals surface area contributed by atoms with E-state index in [0.29, 0.717) is 34.3 Å². The van der Waals surface area contributed by atoms with Gasteiger partial charge in [-0.3, -0.25) is 4.79 Å². The number of hydrogen-bond acceptors (Lipinski definition) is 5. The Labute approximate surface area is 119 Å². The van der Waals surface area contributed by atoms with E-state index in [-0.39, 0.29) is 0 Å². The van der Waals surface area contributed by atoms with Gasteiger partial charge in [0.05, 0.1) is 9.21 Å². The fraction of sp³-hybridized carbons (Fsp3) is 0.333. The van der Waals surface area contributed by atoms with Crippen LogP contribution in [0.4, 0.5) is 0 Å². The third-order valence-electron chi connectivity index (χ3n) is 2.67. The smallest absolute Gasteiger partial charge is 0.254 e. The summed E-state index contributed by atoms with van der Waals surface area (Å²) >= 11 is 7.21. The molecule has 0 atom stereocenters. The van der Waals surface area contributed by atoms with E-state index in [0.717, 1.165) is 17.7 Å². The number of aryl methyl sites for hydroxylation is 1. The zero-order valence-corrected chi connectivity index (χ0v) is 11.8. The minimum atomic E-state index is -0.538.